The summed E-state index contributed by atoms with van der Waals surface area (Å²) < 4.78 is 5.54. The second-order valence-electron chi connectivity index (χ2n) is 7.23. The Morgan fingerprint density at radius 1 is 1.10 bits per heavy atom. The van der Waals surface area contributed by atoms with Crippen molar-refractivity contribution in [1.29, 1.82) is 0 Å². The van der Waals surface area contributed by atoms with Gasteiger partial charge in [-0.2, -0.15) is 0 Å². The van der Waals surface area contributed by atoms with Crippen LogP contribution in [0, 0.1) is 6.92 Å². The number of rotatable bonds is 7. The number of anilines is 1. The summed E-state index contributed by atoms with van der Waals surface area (Å²) in [5.74, 6) is 0.463. The highest BCUT2D eigenvalue weighted by atomic mass is 35.5. The lowest BCUT2D eigenvalue weighted by Gasteiger charge is -2.31. The van der Waals surface area contributed by atoms with Gasteiger partial charge in [-0.15, -0.1) is 0 Å². The highest BCUT2D eigenvalue weighted by molar-refractivity contribution is 6.31. The standard InChI is InChI=1S/C22H26ClN3O3/c1-16-13-19(7-8-20(16)23)29-15-22(28)25-18-9-11-26(12-10-18)14-21(27)24-17-5-3-2-4-6-17/h2-8,13,18H,9-12,14-15H2,1H3,(H,24,27)(H,25,28). The Morgan fingerprint density at radius 3 is 2.52 bits per heavy atom. The van der Waals surface area contributed by atoms with Gasteiger partial charge in [0, 0.05) is 29.8 Å². The van der Waals surface area contributed by atoms with Gasteiger partial charge >= 0.3 is 0 Å². The molecule has 1 saturated heterocycles. The molecule has 0 bridgehead atoms. The Labute approximate surface area is 176 Å². The second-order valence-corrected chi connectivity index (χ2v) is 7.64. The number of halogens is 1. The first-order chi connectivity index (χ1) is 14.0. The maximum absolute atomic E-state index is 12.2. The minimum atomic E-state index is -0.141. The number of nitrogens with one attached hydrogen (secondary N) is 2. The third-order valence-electron chi connectivity index (χ3n) is 4.88. The first kappa shape index (κ1) is 21.1. The molecule has 2 aromatic carbocycles. The van der Waals surface area contributed by atoms with Gasteiger partial charge in [-0.05, 0) is 55.7 Å². The molecular formula is C22H26ClN3O3. The number of aryl methyl sites for hydroxylation is 1. The summed E-state index contributed by atoms with van der Waals surface area (Å²) in [6.07, 6.45) is 1.62. The third-order valence-corrected chi connectivity index (χ3v) is 5.30. The quantitative estimate of drug-likeness (QED) is 0.728. The lowest BCUT2D eigenvalue weighted by Crippen LogP contribution is -2.47. The van der Waals surface area contributed by atoms with E-state index >= 15 is 0 Å². The van der Waals surface area contributed by atoms with E-state index in [0.717, 1.165) is 37.2 Å². The zero-order chi connectivity index (χ0) is 20.6. The molecule has 0 aliphatic carbocycles. The minimum absolute atomic E-state index is 0.0228. The maximum Gasteiger partial charge on any atom is 0.258 e. The molecule has 0 aromatic heterocycles. The molecule has 0 spiro atoms. The number of para-hydroxylation sites is 1. The van der Waals surface area contributed by atoms with Crippen molar-refractivity contribution < 1.29 is 14.3 Å². The van der Waals surface area contributed by atoms with Crippen LogP contribution in [-0.4, -0.2) is 49.0 Å². The molecule has 0 saturated carbocycles. The topological polar surface area (TPSA) is 70.7 Å². The zero-order valence-corrected chi connectivity index (χ0v) is 17.2. The summed E-state index contributed by atoms with van der Waals surface area (Å²) in [7, 11) is 0. The molecule has 1 aliphatic rings. The van der Waals surface area contributed by atoms with E-state index < -0.39 is 0 Å². The molecule has 7 heteroatoms. The van der Waals surface area contributed by atoms with E-state index in [-0.39, 0.29) is 24.5 Å². The van der Waals surface area contributed by atoms with Crippen LogP contribution >= 0.6 is 11.6 Å². The maximum atomic E-state index is 12.2. The van der Waals surface area contributed by atoms with Gasteiger partial charge in [0.25, 0.3) is 5.91 Å². The number of carbonyl (C=O) groups excluding carboxylic acids is 2. The van der Waals surface area contributed by atoms with Gasteiger partial charge in [-0.1, -0.05) is 29.8 Å². The minimum Gasteiger partial charge on any atom is -0.484 e. The fraction of sp³-hybridized carbons (Fsp3) is 0.364. The number of amides is 2. The van der Waals surface area contributed by atoms with Gasteiger partial charge in [0.15, 0.2) is 6.61 Å². The van der Waals surface area contributed by atoms with Gasteiger partial charge < -0.3 is 15.4 Å². The van der Waals surface area contributed by atoms with E-state index in [9.17, 15) is 9.59 Å². The Hall–Kier alpha value is -2.57. The molecule has 1 aliphatic heterocycles. The molecule has 2 aromatic rings. The number of hydrogen-bond donors (Lipinski definition) is 2. The van der Waals surface area contributed by atoms with E-state index in [2.05, 4.69) is 15.5 Å². The molecule has 1 heterocycles. The molecule has 29 heavy (non-hydrogen) atoms. The van der Waals surface area contributed by atoms with E-state index in [0.29, 0.717) is 17.3 Å². The molecule has 154 valence electrons. The van der Waals surface area contributed by atoms with Crippen molar-refractivity contribution in [3.8, 4) is 5.75 Å². The smallest absolute Gasteiger partial charge is 0.258 e. The highest BCUT2D eigenvalue weighted by Crippen LogP contribution is 2.21. The van der Waals surface area contributed by atoms with Crippen LogP contribution in [-0.2, 0) is 9.59 Å². The van der Waals surface area contributed by atoms with E-state index in [4.69, 9.17) is 16.3 Å². The monoisotopic (exact) mass is 415 g/mol. The van der Waals surface area contributed by atoms with E-state index in [1.807, 2.05) is 43.3 Å². The van der Waals surface area contributed by atoms with Gasteiger partial charge in [0.1, 0.15) is 5.75 Å². The van der Waals surface area contributed by atoms with Crippen LogP contribution in [0.4, 0.5) is 5.69 Å². The molecular weight excluding hydrogens is 390 g/mol. The van der Waals surface area contributed by atoms with Crippen LogP contribution < -0.4 is 15.4 Å². The van der Waals surface area contributed by atoms with Crippen molar-refractivity contribution >= 4 is 29.1 Å². The SMILES string of the molecule is Cc1cc(OCC(=O)NC2CCN(CC(=O)Nc3ccccc3)CC2)ccc1Cl. The fourth-order valence-electron chi connectivity index (χ4n) is 3.29. The van der Waals surface area contributed by atoms with Crippen LogP contribution in [0.25, 0.3) is 0 Å². The number of likely N-dealkylation sites (tertiary alicyclic amines) is 1. The zero-order valence-electron chi connectivity index (χ0n) is 16.5. The fourth-order valence-corrected chi connectivity index (χ4v) is 3.40. The molecule has 1 fully saturated rings. The molecule has 3 rings (SSSR count). The average Bonchev–Trinajstić information content (AvgIpc) is 2.71. The molecule has 6 nitrogen and oxygen atoms in total. The largest absolute Gasteiger partial charge is 0.484 e. The summed E-state index contributed by atoms with van der Waals surface area (Å²) in [5.41, 5.74) is 1.71. The molecule has 2 amide bonds. The van der Waals surface area contributed by atoms with E-state index in [1.54, 1.807) is 12.1 Å². The second kappa shape index (κ2) is 10.3. The summed E-state index contributed by atoms with van der Waals surface area (Å²) in [6, 6.07) is 14.9. The Bertz CT molecular complexity index is 836. The van der Waals surface area contributed by atoms with Gasteiger partial charge in [0.2, 0.25) is 5.91 Å². The number of ether oxygens (including phenoxy) is 1. The number of benzene rings is 2. The van der Waals surface area contributed by atoms with Crippen molar-refractivity contribution in [2.24, 2.45) is 0 Å². The van der Waals surface area contributed by atoms with Crippen molar-refractivity contribution in [2.45, 2.75) is 25.8 Å². The van der Waals surface area contributed by atoms with Gasteiger partial charge in [-0.3, -0.25) is 14.5 Å². The summed E-state index contributed by atoms with van der Waals surface area (Å²) in [4.78, 5) is 26.4. The lowest BCUT2D eigenvalue weighted by atomic mass is 10.1. The number of nitrogens with zero attached hydrogens (tertiary/aromatic N) is 1. The highest BCUT2D eigenvalue weighted by Gasteiger charge is 2.22. The number of hydrogen-bond acceptors (Lipinski definition) is 4. The van der Waals surface area contributed by atoms with Crippen molar-refractivity contribution in [2.75, 3.05) is 31.6 Å². The Kier molecular flexibility index (Phi) is 7.49. The predicted molar refractivity (Wildman–Crippen MR) is 114 cm³/mol. The first-order valence-corrected chi connectivity index (χ1v) is 10.1. The number of piperidine rings is 1. The van der Waals surface area contributed by atoms with Gasteiger partial charge in [-0.25, -0.2) is 0 Å². The Morgan fingerprint density at radius 2 is 1.83 bits per heavy atom. The van der Waals surface area contributed by atoms with Crippen LogP contribution in [0.2, 0.25) is 5.02 Å². The van der Waals surface area contributed by atoms with Crippen molar-refractivity contribution in [3.05, 3.63) is 59.1 Å². The molecule has 0 radical (unpaired) electrons. The van der Waals surface area contributed by atoms with Crippen LogP contribution in [0.3, 0.4) is 0 Å². The summed E-state index contributed by atoms with van der Waals surface area (Å²) >= 11 is 5.99. The Balaban J connectivity index is 1.35. The normalized spacial score (nSPS) is 15.0. The predicted octanol–water partition coefficient (Wildman–Crippen LogP) is 3.25. The number of carbonyl (C=O) groups is 2. The average molecular weight is 416 g/mol. The van der Waals surface area contributed by atoms with Crippen LogP contribution in [0.15, 0.2) is 48.5 Å². The van der Waals surface area contributed by atoms with Crippen LogP contribution in [0.5, 0.6) is 5.75 Å². The van der Waals surface area contributed by atoms with Crippen molar-refractivity contribution in [1.82, 2.24) is 10.2 Å². The molecule has 2 N–H and O–H groups in total. The first-order valence-electron chi connectivity index (χ1n) is 9.75. The summed E-state index contributed by atoms with van der Waals surface area (Å²) in [5, 5.41) is 6.58. The summed E-state index contributed by atoms with van der Waals surface area (Å²) in [6.45, 7) is 3.76. The van der Waals surface area contributed by atoms with Crippen molar-refractivity contribution in [3.63, 3.8) is 0 Å². The lowest BCUT2D eigenvalue weighted by molar-refractivity contribution is -0.124. The molecule has 0 unspecified atom stereocenters. The molecule has 0 atom stereocenters. The van der Waals surface area contributed by atoms with Crippen LogP contribution in [0.1, 0.15) is 18.4 Å². The van der Waals surface area contributed by atoms with E-state index in [1.165, 1.54) is 0 Å². The van der Waals surface area contributed by atoms with Gasteiger partial charge in [0.05, 0.1) is 6.54 Å². The third kappa shape index (κ3) is 6.76.